The van der Waals surface area contributed by atoms with E-state index < -0.39 is 11.9 Å². The number of hydrogen-bond donors (Lipinski definition) is 2. The third-order valence-corrected chi connectivity index (χ3v) is 6.92. The van der Waals surface area contributed by atoms with Crippen LogP contribution in [-0.4, -0.2) is 71.0 Å². The number of amides is 1. The van der Waals surface area contributed by atoms with Crippen molar-refractivity contribution in [2.45, 2.75) is 44.8 Å². The summed E-state index contributed by atoms with van der Waals surface area (Å²) in [5.74, 6) is -0.626. The van der Waals surface area contributed by atoms with Gasteiger partial charge in [0.1, 0.15) is 18.3 Å². The van der Waals surface area contributed by atoms with Crippen molar-refractivity contribution >= 4 is 11.9 Å². The topological polar surface area (TPSA) is 112 Å². The summed E-state index contributed by atoms with van der Waals surface area (Å²) in [7, 11) is 2.02. The Morgan fingerprint density at radius 3 is 2.75 bits per heavy atom. The SMILES string of the molecule is C[NH2+]Cc1cn(C[C@H]2C[C@H]3CC[NH+]2C[C@@H]3C(=O)N2CCC(C(=O)[O-])CC2)nn1. The lowest BCUT2D eigenvalue weighted by Gasteiger charge is -2.47. The number of nitrogens with one attached hydrogen (secondary N) is 1. The van der Waals surface area contributed by atoms with Crippen LogP contribution in [0.3, 0.4) is 0 Å². The molecule has 1 aromatic rings. The molecule has 4 atom stereocenters. The zero-order valence-electron chi connectivity index (χ0n) is 16.5. The van der Waals surface area contributed by atoms with Crippen molar-refractivity contribution in [1.29, 1.82) is 0 Å². The normalized spacial score (nSPS) is 30.5. The van der Waals surface area contributed by atoms with Crippen molar-refractivity contribution < 1.29 is 24.9 Å². The molecule has 1 aromatic heterocycles. The summed E-state index contributed by atoms with van der Waals surface area (Å²) >= 11 is 0. The first-order valence-electron chi connectivity index (χ1n) is 10.6. The van der Waals surface area contributed by atoms with Gasteiger partial charge in [-0.15, -0.1) is 5.10 Å². The van der Waals surface area contributed by atoms with Gasteiger partial charge in [-0.05, 0) is 18.8 Å². The number of likely N-dealkylation sites (tertiary alicyclic amines) is 1. The number of carbonyl (C=O) groups is 2. The molecule has 4 aliphatic heterocycles. The molecule has 154 valence electrons. The van der Waals surface area contributed by atoms with Crippen LogP contribution in [0.1, 0.15) is 31.4 Å². The monoisotopic (exact) mass is 391 g/mol. The molecule has 9 nitrogen and oxygen atoms in total. The summed E-state index contributed by atoms with van der Waals surface area (Å²) in [6, 6.07) is 0.492. The molecule has 2 bridgehead atoms. The third-order valence-electron chi connectivity index (χ3n) is 6.92. The lowest BCUT2D eigenvalue weighted by molar-refractivity contribution is -0.945. The Labute approximate surface area is 165 Å². The molecule has 0 aromatic carbocycles. The summed E-state index contributed by atoms with van der Waals surface area (Å²) in [6.07, 6.45) is 5.23. The Morgan fingerprint density at radius 2 is 2.11 bits per heavy atom. The number of aliphatic carboxylic acids is 1. The molecule has 1 unspecified atom stereocenters. The van der Waals surface area contributed by atoms with Gasteiger partial charge in [-0.2, -0.15) is 0 Å². The second kappa shape index (κ2) is 8.16. The van der Waals surface area contributed by atoms with Gasteiger partial charge in [-0.25, -0.2) is 4.68 Å². The van der Waals surface area contributed by atoms with Crippen LogP contribution in [0.2, 0.25) is 0 Å². The molecule has 28 heavy (non-hydrogen) atoms. The second-order valence-electron chi connectivity index (χ2n) is 8.66. The maximum Gasteiger partial charge on any atom is 0.231 e. The number of nitrogens with zero attached hydrogens (tertiary/aromatic N) is 4. The summed E-state index contributed by atoms with van der Waals surface area (Å²) < 4.78 is 1.96. The zero-order chi connectivity index (χ0) is 19.7. The van der Waals surface area contributed by atoms with E-state index in [0.29, 0.717) is 37.9 Å². The molecule has 0 spiro atoms. The standard InChI is InChI=1S/C19H30N6O3/c1-20-9-15-10-25(22-21-15)11-16-8-14-4-7-24(16)12-17(14)18(26)23-5-2-13(3-6-23)19(27)28/h10,13-14,16-17,20H,2-9,11-12H2,1H3,(H,27,28)/p+1/t14-,16-,17+/m1/s1. The van der Waals surface area contributed by atoms with E-state index in [-0.39, 0.29) is 11.8 Å². The fraction of sp³-hybridized carbons (Fsp3) is 0.789. The smallest absolute Gasteiger partial charge is 0.231 e. The average molecular weight is 391 g/mol. The van der Waals surface area contributed by atoms with Gasteiger partial charge in [0.25, 0.3) is 0 Å². The quantitative estimate of drug-likeness (QED) is 0.518. The number of quaternary nitrogens is 2. The molecule has 0 radical (unpaired) electrons. The minimum absolute atomic E-state index is 0.0838. The number of carbonyl (C=O) groups excluding carboxylic acids is 2. The number of hydrogen-bond acceptors (Lipinski definition) is 5. The van der Waals surface area contributed by atoms with Crippen molar-refractivity contribution in [3.8, 4) is 0 Å². The van der Waals surface area contributed by atoms with Crippen LogP contribution >= 0.6 is 0 Å². The maximum absolute atomic E-state index is 13.1. The molecule has 9 heteroatoms. The summed E-state index contributed by atoms with van der Waals surface area (Å²) in [4.78, 5) is 27.5. The van der Waals surface area contributed by atoms with Gasteiger partial charge in [0, 0.05) is 37.8 Å². The second-order valence-corrected chi connectivity index (χ2v) is 8.66. The Kier molecular flexibility index (Phi) is 5.63. The Balaban J connectivity index is 1.33. The molecular formula is C19H31N6O3+. The highest BCUT2D eigenvalue weighted by Crippen LogP contribution is 2.30. The van der Waals surface area contributed by atoms with E-state index in [9.17, 15) is 14.7 Å². The number of carboxylic acid groups (broad SMARTS) is 1. The van der Waals surface area contributed by atoms with Gasteiger partial charge in [0.05, 0.1) is 38.8 Å². The Hall–Kier alpha value is -2.00. The number of nitrogens with two attached hydrogens (primary N) is 1. The first-order valence-corrected chi connectivity index (χ1v) is 10.6. The van der Waals surface area contributed by atoms with Crippen molar-refractivity contribution in [2.24, 2.45) is 17.8 Å². The van der Waals surface area contributed by atoms with Gasteiger partial charge in [0.15, 0.2) is 0 Å². The minimum atomic E-state index is -0.977. The van der Waals surface area contributed by atoms with E-state index in [0.717, 1.165) is 44.7 Å². The van der Waals surface area contributed by atoms with E-state index in [1.807, 2.05) is 22.8 Å². The van der Waals surface area contributed by atoms with Crippen LogP contribution in [0, 0.1) is 17.8 Å². The molecule has 5 rings (SSSR count). The maximum atomic E-state index is 13.1. The first-order chi connectivity index (χ1) is 13.5. The molecule has 0 saturated carbocycles. The van der Waals surface area contributed by atoms with Crippen LogP contribution in [0.15, 0.2) is 6.20 Å². The van der Waals surface area contributed by atoms with E-state index >= 15 is 0 Å². The third kappa shape index (κ3) is 3.91. The lowest BCUT2D eigenvalue weighted by Crippen LogP contribution is -3.20. The van der Waals surface area contributed by atoms with Gasteiger partial charge < -0.3 is 25.0 Å². The molecule has 3 N–H and O–H groups in total. The average Bonchev–Trinajstić information content (AvgIpc) is 3.15. The number of rotatable bonds is 6. The highest BCUT2D eigenvalue weighted by atomic mass is 16.4. The molecule has 0 aliphatic carbocycles. The zero-order valence-corrected chi connectivity index (χ0v) is 16.5. The van der Waals surface area contributed by atoms with E-state index in [1.54, 1.807) is 0 Å². The number of piperidine rings is 4. The summed E-state index contributed by atoms with van der Waals surface area (Å²) in [5.41, 5.74) is 1.00. The largest absolute Gasteiger partial charge is 0.550 e. The molecule has 4 fully saturated rings. The first kappa shape index (κ1) is 19.3. The van der Waals surface area contributed by atoms with Crippen molar-refractivity contribution in [2.75, 3.05) is 33.2 Å². The van der Waals surface area contributed by atoms with Gasteiger partial charge >= 0.3 is 0 Å². The van der Waals surface area contributed by atoms with Gasteiger partial charge in [0.2, 0.25) is 5.91 Å². The van der Waals surface area contributed by atoms with E-state index in [2.05, 4.69) is 15.6 Å². The fourth-order valence-corrected chi connectivity index (χ4v) is 5.33. The van der Waals surface area contributed by atoms with E-state index in [4.69, 9.17) is 0 Å². The molecular weight excluding hydrogens is 360 g/mol. The highest BCUT2D eigenvalue weighted by molar-refractivity contribution is 5.80. The van der Waals surface area contributed by atoms with Gasteiger partial charge in [-0.3, -0.25) is 4.79 Å². The minimum Gasteiger partial charge on any atom is -0.550 e. The van der Waals surface area contributed by atoms with Crippen LogP contribution < -0.4 is 15.3 Å². The van der Waals surface area contributed by atoms with E-state index in [1.165, 1.54) is 4.90 Å². The lowest BCUT2D eigenvalue weighted by atomic mass is 9.74. The fourth-order valence-electron chi connectivity index (χ4n) is 5.33. The van der Waals surface area contributed by atoms with Crippen molar-refractivity contribution in [3.63, 3.8) is 0 Å². The predicted molar refractivity (Wildman–Crippen MR) is 96.6 cm³/mol. The summed E-state index contributed by atoms with van der Waals surface area (Å²) in [5, 5.41) is 21.6. The van der Waals surface area contributed by atoms with Crippen LogP contribution in [0.5, 0.6) is 0 Å². The number of fused-ring (bicyclic) bond motifs is 3. The molecule has 4 saturated heterocycles. The summed E-state index contributed by atoms with van der Waals surface area (Å²) in [6.45, 7) is 4.82. The van der Waals surface area contributed by atoms with Crippen molar-refractivity contribution in [3.05, 3.63) is 11.9 Å². The Bertz CT molecular complexity index is 714. The van der Waals surface area contributed by atoms with Crippen LogP contribution in [0.4, 0.5) is 0 Å². The molecule has 4 aliphatic rings. The number of aromatic nitrogens is 3. The highest BCUT2D eigenvalue weighted by Gasteiger charge is 2.47. The molecule has 5 heterocycles. The van der Waals surface area contributed by atoms with Crippen molar-refractivity contribution in [1.82, 2.24) is 19.9 Å². The van der Waals surface area contributed by atoms with Crippen LogP contribution in [0.25, 0.3) is 0 Å². The molecule has 1 amide bonds. The Morgan fingerprint density at radius 1 is 1.32 bits per heavy atom. The van der Waals surface area contributed by atoms with Crippen LogP contribution in [-0.2, 0) is 22.7 Å². The predicted octanol–water partition coefficient (Wildman–Crippen LogP) is -3.75. The number of carboxylic acids is 1. The van der Waals surface area contributed by atoms with Gasteiger partial charge in [-0.1, -0.05) is 5.21 Å².